The molecule has 0 N–H and O–H groups in total. The summed E-state index contributed by atoms with van der Waals surface area (Å²) in [5, 5.41) is 0. The van der Waals surface area contributed by atoms with E-state index in [0.29, 0.717) is 19.0 Å². The van der Waals surface area contributed by atoms with E-state index in [1.807, 2.05) is 61.2 Å². The Morgan fingerprint density at radius 2 is 1.85 bits per heavy atom. The van der Waals surface area contributed by atoms with Crippen molar-refractivity contribution in [2.75, 3.05) is 24.7 Å². The molecule has 4 nitrogen and oxygen atoms in total. The van der Waals surface area contributed by atoms with Crippen LogP contribution in [0.15, 0.2) is 48.5 Å². The lowest BCUT2D eigenvalue weighted by Gasteiger charge is -2.28. The highest BCUT2D eigenvalue weighted by molar-refractivity contribution is 6.04. The highest BCUT2D eigenvalue weighted by Gasteiger charge is 2.20. The summed E-state index contributed by atoms with van der Waals surface area (Å²) in [6.45, 7) is 5.79. The molecule has 0 spiro atoms. The van der Waals surface area contributed by atoms with Crippen LogP contribution in [0.2, 0.25) is 0 Å². The summed E-state index contributed by atoms with van der Waals surface area (Å²) in [5.41, 5.74) is 3.17. The average Bonchev–Trinajstić information content (AvgIpc) is 2.67. The Morgan fingerprint density at radius 3 is 2.65 bits per heavy atom. The molecule has 0 unspecified atom stereocenters. The number of rotatable bonds is 6. The first-order chi connectivity index (χ1) is 12.7. The highest BCUT2D eigenvalue weighted by atomic mass is 16.5. The standard InChI is InChI=1S/C22H25NO3/c1-3-25-20-13-11-17(16-21(20)26-4-2)12-14-22(24)23-15-7-9-18-8-5-6-10-19(18)23/h5-6,8,10-14,16H,3-4,7,9,15H2,1-2H3. The van der Waals surface area contributed by atoms with E-state index in [1.54, 1.807) is 6.08 Å². The Hall–Kier alpha value is -2.75. The lowest BCUT2D eigenvalue weighted by Crippen LogP contribution is -2.34. The van der Waals surface area contributed by atoms with Crippen molar-refractivity contribution in [3.8, 4) is 11.5 Å². The van der Waals surface area contributed by atoms with Crippen LogP contribution in [0.4, 0.5) is 5.69 Å². The molecule has 1 heterocycles. The van der Waals surface area contributed by atoms with E-state index in [0.717, 1.165) is 36.4 Å². The zero-order chi connectivity index (χ0) is 18.4. The minimum atomic E-state index is 0.00370. The predicted octanol–water partition coefficient (Wildman–Crippen LogP) is 4.48. The smallest absolute Gasteiger partial charge is 0.250 e. The molecule has 1 amide bonds. The average molecular weight is 351 g/mol. The molecule has 26 heavy (non-hydrogen) atoms. The first-order valence-corrected chi connectivity index (χ1v) is 9.20. The van der Waals surface area contributed by atoms with E-state index in [2.05, 4.69) is 6.07 Å². The number of carbonyl (C=O) groups excluding carboxylic acids is 1. The molecule has 0 atom stereocenters. The van der Waals surface area contributed by atoms with Crippen molar-refractivity contribution < 1.29 is 14.3 Å². The van der Waals surface area contributed by atoms with Crippen LogP contribution in [0.1, 0.15) is 31.4 Å². The van der Waals surface area contributed by atoms with Gasteiger partial charge in [-0.05, 0) is 62.1 Å². The molecule has 2 aromatic carbocycles. The maximum Gasteiger partial charge on any atom is 0.250 e. The van der Waals surface area contributed by atoms with Crippen molar-refractivity contribution in [1.29, 1.82) is 0 Å². The van der Waals surface area contributed by atoms with Gasteiger partial charge < -0.3 is 14.4 Å². The second-order valence-corrected chi connectivity index (χ2v) is 6.13. The maximum atomic E-state index is 12.7. The molecule has 2 aromatic rings. The molecule has 0 aromatic heterocycles. The second kappa shape index (κ2) is 8.56. The summed E-state index contributed by atoms with van der Waals surface area (Å²) in [4.78, 5) is 14.6. The molecule has 0 bridgehead atoms. The Morgan fingerprint density at radius 1 is 1.08 bits per heavy atom. The van der Waals surface area contributed by atoms with Crippen molar-refractivity contribution >= 4 is 17.7 Å². The molecule has 0 radical (unpaired) electrons. The number of hydrogen-bond acceptors (Lipinski definition) is 3. The second-order valence-electron chi connectivity index (χ2n) is 6.13. The molecule has 0 saturated carbocycles. The van der Waals surface area contributed by atoms with Crippen LogP contribution < -0.4 is 14.4 Å². The fraction of sp³-hybridized carbons (Fsp3) is 0.318. The Balaban J connectivity index is 1.77. The monoisotopic (exact) mass is 351 g/mol. The number of carbonyl (C=O) groups is 1. The molecule has 0 fully saturated rings. The quantitative estimate of drug-likeness (QED) is 0.721. The van der Waals surface area contributed by atoms with Crippen molar-refractivity contribution in [2.45, 2.75) is 26.7 Å². The third-order valence-electron chi connectivity index (χ3n) is 4.36. The van der Waals surface area contributed by atoms with E-state index in [-0.39, 0.29) is 5.91 Å². The van der Waals surface area contributed by atoms with E-state index in [4.69, 9.17) is 9.47 Å². The normalized spacial score (nSPS) is 13.5. The van der Waals surface area contributed by atoms with Gasteiger partial charge in [-0.15, -0.1) is 0 Å². The van der Waals surface area contributed by atoms with Gasteiger partial charge in [0.25, 0.3) is 5.91 Å². The number of aryl methyl sites for hydroxylation is 1. The van der Waals surface area contributed by atoms with Crippen molar-refractivity contribution in [3.05, 3.63) is 59.7 Å². The lowest BCUT2D eigenvalue weighted by atomic mass is 10.0. The van der Waals surface area contributed by atoms with Crippen LogP contribution in [-0.4, -0.2) is 25.7 Å². The van der Waals surface area contributed by atoms with Crippen molar-refractivity contribution in [1.82, 2.24) is 0 Å². The van der Waals surface area contributed by atoms with Gasteiger partial charge in [-0.25, -0.2) is 0 Å². The Kier molecular flexibility index (Phi) is 5.95. The third kappa shape index (κ3) is 4.07. The predicted molar refractivity (Wildman–Crippen MR) is 105 cm³/mol. The topological polar surface area (TPSA) is 38.8 Å². The summed E-state index contributed by atoms with van der Waals surface area (Å²) < 4.78 is 11.2. The van der Waals surface area contributed by atoms with E-state index in [1.165, 1.54) is 5.56 Å². The fourth-order valence-corrected chi connectivity index (χ4v) is 3.19. The van der Waals surface area contributed by atoms with Gasteiger partial charge in [0, 0.05) is 18.3 Å². The molecule has 1 aliphatic heterocycles. The third-order valence-corrected chi connectivity index (χ3v) is 4.36. The largest absolute Gasteiger partial charge is 0.490 e. The van der Waals surface area contributed by atoms with Crippen molar-refractivity contribution in [3.63, 3.8) is 0 Å². The Bertz CT molecular complexity index is 798. The van der Waals surface area contributed by atoms with Crippen LogP contribution in [0, 0.1) is 0 Å². The minimum absolute atomic E-state index is 0.00370. The summed E-state index contributed by atoms with van der Waals surface area (Å²) in [6, 6.07) is 13.8. The number of amides is 1. The van der Waals surface area contributed by atoms with Gasteiger partial charge in [-0.2, -0.15) is 0 Å². The van der Waals surface area contributed by atoms with Crippen LogP contribution >= 0.6 is 0 Å². The van der Waals surface area contributed by atoms with Crippen LogP contribution in [-0.2, 0) is 11.2 Å². The summed E-state index contributed by atoms with van der Waals surface area (Å²) in [5.74, 6) is 1.43. The highest BCUT2D eigenvalue weighted by Crippen LogP contribution is 2.30. The number of hydrogen-bond donors (Lipinski definition) is 0. The zero-order valence-electron chi connectivity index (χ0n) is 15.4. The molecule has 0 saturated heterocycles. The lowest BCUT2D eigenvalue weighted by molar-refractivity contribution is -0.114. The van der Waals surface area contributed by atoms with E-state index in [9.17, 15) is 4.79 Å². The van der Waals surface area contributed by atoms with Crippen LogP contribution in [0.5, 0.6) is 11.5 Å². The number of benzene rings is 2. The first-order valence-electron chi connectivity index (χ1n) is 9.20. The molecule has 0 aliphatic carbocycles. The van der Waals surface area contributed by atoms with Gasteiger partial charge in [-0.3, -0.25) is 4.79 Å². The van der Waals surface area contributed by atoms with E-state index >= 15 is 0 Å². The molecule has 136 valence electrons. The van der Waals surface area contributed by atoms with Gasteiger partial charge in [-0.1, -0.05) is 24.3 Å². The van der Waals surface area contributed by atoms with Gasteiger partial charge in [0.05, 0.1) is 13.2 Å². The number of anilines is 1. The van der Waals surface area contributed by atoms with Gasteiger partial charge in [0.15, 0.2) is 11.5 Å². The summed E-state index contributed by atoms with van der Waals surface area (Å²) in [7, 11) is 0. The summed E-state index contributed by atoms with van der Waals surface area (Å²) in [6.07, 6.45) is 5.49. The number of nitrogens with zero attached hydrogens (tertiary/aromatic N) is 1. The molecular formula is C22H25NO3. The van der Waals surface area contributed by atoms with Gasteiger partial charge >= 0.3 is 0 Å². The zero-order valence-corrected chi connectivity index (χ0v) is 15.4. The van der Waals surface area contributed by atoms with Gasteiger partial charge in [0.2, 0.25) is 0 Å². The van der Waals surface area contributed by atoms with E-state index < -0.39 is 0 Å². The van der Waals surface area contributed by atoms with Crippen LogP contribution in [0.3, 0.4) is 0 Å². The number of ether oxygens (including phenoxy) is 2. The molecule has 4 heteroatoms. The molecule has 1 aliphatic rings. The van der Waals surface area contributed by atoms with Crippen molar-refractivity contribution in [2.24, 2.45) is 0 Å². The van der Waals surface area contributed by atoms with Gasteiger partial charge in [0.1, 0.15) is 0 Å². The maximum absolute atomic E-state index is 12.7. The molecule has 3 rings (SSSR count). The molecular weight excluding hydrogens is 326 g/mol. The van der Waals surface area contributed by atoms with Crippen LogP contribution in [0.25, 0.3) is 6.08 Å². The first kappa shape index (κ1) is 18.1. The summed E-state index contributed by atoms with van der Waals surface area (Å²) >= 11 is 0. The Labute approximate surface area is 155 Å². The SMILES string of the molecule is CCOc1ccc(C=CC(=O)N2CCCc3ccccc32)cc1OCC. The minimum Gasteiger partial charge on any atom is -0.490 e. The number of fused-ring (bicyclic) bond motifs is 1. The fourth-order valence-electron chi connectivity index (χ4n) is 3.19. The number of para-hydroxylation sites is 1.